The predicted octanol–water partition coefficient (Wildman–Crippen LogP) is 5.51. The number of carbonyl (C=O) groups is 3. The lowest BCUT2D eigenvalue weighted by atomic mass is 9.88. The van der Waals surface area contributed by atoms with E-state index in [9.17, 15) is 75.7 Å². The smallest absolute Gasteiger partial charge is 0.364 e. The summed E-state index contributed by atoms with van der Waals surface area (Å²) >= 11 is 0. The number of allylic oxidation sites excluding steroid dienone is 1. The van der Waals surface area contributed by atoms with Crippen molar-refractivity contribution in [1.82, 2.24) is 10.6 Å². The zero-order valence-corrected chi connectivity index (χ0v) is 53.6. The Bertz CT molecular complexity index is 1840. The van der Waals surface area contributed by atoms with Crippen LogP contribution < -0.4 is 10.6 Å². The summed E-state index contributed by atoms with van der Waals surface area (Å²) in [5, 5.41) is 136. The first-order chi connectivity index (χ1) is 42.4. The fraction of sp³-hybridized carbons (Fsp3) is 0.923. The van der Waals surface area contributed by atoms with Gasteiger partial charge in [0.1, 0.15) is 67.1 Å². The largest absolute Gasteiger partial charge is 0.477 e. The summed E-state index contributed by atoms with van der Waals surface area (Å²) in [5.74, 6) is -6.14. The lowest BCUT2D eigenvalue weighted by Gasteiger charge is -2.50. The molecule has 0 saturated carbocycles. The van der Waals surface area contributed by atoms with Crippen LogP contribution in [0.2, 0.25) is 0 Å². The van der Waals surface area contributed by atoms with Crippen molar-refractivity contribution in [3.05, 3.63) is 12.2 Å². The Morgan fingerprint density at radius 1 is 0.591 bits per heavy atom. The van der Waals surface area contributed by atoms with E-state index in [0.29, 0.717) is 12.8 Å². The maximum atomic E-state index is 13.4. The molecule has 0 radical (unpaired) electrons. The van der Waals surface area contributed by atoms with E-state index in [1.54, 1.807) is 6.08 Å². The molecule has 3 heterocycles. The second-order valence-corrected chi connectivity index (χ2v) is 25.0. The molecule has 0 spiro atoms. The van der Waals surface area contributed by atoms with Gasteiger partial charge in [-0.15, -0.1) is 0 Å². The summed E-state index contributed by atoms with van der Waals surface area (Å²) in [5.41, 5.74) is 0. The molecule has 0 aromatic heterocycles. The lowest BCUT2D eigenvalue weighted by molar-refractivity contribution is -0.386. The molecule has 3 aliphatic rings. The second-order valence-electron chi connectivity index (χ2n) is 25.0. The first-order valence-corrected chi connectivity index (χ1v) is 34.1. The SMILES string of the molecule is CCCCCCCCCCCCCCCCCCCCC/C=C/C(O)C(COC1OC(CO)C(OC2OC(CO)C(O)C(OC3(C(=O)O)CC(O)C(NC(C)=O)C(C(O)C(O)CO)O3)C2O)C(O)C1O)NC(=O)CCCCCCCCCCCCCCC. The Balaban J connectivity index is 1.61. The Hall–Kier alpha value is -2.53. The van der Waals surface area contributed by atoms with Crippen molar-refractivity contribution in [1.29, 1.82) is 0 Å². The number of aliphatic carboxylic acids is 1. The number of carbonyl (C=O) groups excluding carboxylic acids is 2. The molecular formula is C65H120N2O21. The molecule has 3 rings (SSSR count). The first kappa shape index (κ1) is 79.7. The third-order valence-electron chi connectivity index (χ3n) is 17.5. The fourth-order valence-corrected chi connectivity index (χ4v) is 12.0. The van der Waals surface area contributed by atoms with Crippen molar-refractivity contribution in [2.75, 3.05) is 26.4 Å². The molecule has 23 nitrogen and oxygen atoms in total. The van der Waals surface area contributed by atoms with Crippen LogP contribution in [0.25, 0.3) is 0 Å². The summed E-state index contributed by atoms with van der Waals surface area (Å²) in [7, 11) is 0. The number of unbranched alkanes of at least 4 members (excludes halogenated alkanes) is 31. The molecule has 2 amide bonds. The molecule has 3 saturated heterocycles. The van der Waals surface area contributed by atoms with Crippen molar-refractivity contribution in [2.45, 2.75) is 355 Å². The quantitative estimate of drug-likeness (QED) is 0.0264. The summed E-state index contributed by atoms with van der Waals surface area (Å²) in [6.45, 7) is 2.14. The minimum Gasteiger partial charge on any atom is -0.477 e. The highest BCUT2D eigenvalue weighted by Gasteiger charge is 2.60. The van der Waals surface area contributed by atoms with Gasteiger partial charge in [0.2, 0.25) is 11.8 Å². The van der Waals surface area contributed by atoms with Crippen LogP contribution in [0.3, 0.4) is 0 Å². The van der Waals surface area contributed by atoms with Gasteiger partial charge in [-0.25, -0.2) is 4.79 Å². The zero-order valence-electron chi connectivity index (χ0n) is 53.6. The average molecular weight is 1270 g/mol. The van der Waals surface area contributed by atoms with E-state index in [1.807, 2.05) is 6.08 Å². The number of carboxylic acids is 1. The van der Waals surface area contributed by atoms with E-state index in [0.717, 1.165) is 51.9 Å². The summed E-state index contributed by atoms with van der Waals surface area (Å²) in [6.07, 6.45) is 14.0. The summed E-state index contributed by atoms with van der Waals surface area (Å²) in [6, 6.07) is -2.61. The van der Waals surface area contributed by atoms with Gasteiger partial charge in [-0.2, -0.15) is 0 Å². The number of aliphatic hydroxyl groups is 11. The molecule has 18 unspecified atom stereocenters. The molecule has 23 heteroatoms. The molecule has 3 fully saturated rings. The normalized spacial score (nSPS) is 29.0. The maximum Gasteiger partial charge on any atom is 0.364 e. The van der Waals surface area contributed by atoms with Crippen molar-refractivity contribution in [3.63, 3.8) is 0 Å². The molecule has 18 atom stereocenters. The molecule has 88 heavy (non-hydrogen) atoms. The third kappa shape index (κ3) is 29.2. The van der Waals surface area contributed by atoms with Gasteiger partial charge in [0, 0.05) is 19.8 Å². The number of aliphatic hydroxyl groups excluding tert-OH is 11. The Kier molecular flexibility index (Phi) is 42.1. The number of rotatable bonds is 51. The minimum atomic E-state index is -3.08. The molecule has 0 bridgehead atoms. The molecule has 0 aromatic rings. The number of nitrogens with one attached hydrogen (secondary N) is 2. The van der Waals surface area contributed by atoms with E-state index in [2.05, 4.69) is 24.5 Å². The van der Waals surface area contributed by atoms with Crippen molar-refractivity contribution in [2.24, 2.45) is 0 Å². The van der Waals surface area contributed by atoms with E-state index in [-0.39, 0.29) is 12.3 Å². The fourth-order valence-electron chi connectivity index (χ4n) is 12.0. The van der Waals surface area contributed by atoms with Gasteiger partial charge in [-0.1, -0.05) is 219 Å². The standard InChI is InChI=1S/C65H120N2O21/c1-4-6-8-10-12-14-16-18-19-20-21-22-23-24-25-27-28-30-32-34-36-38-47(72)46(67-52(75)39-37-35-33-31-29-26-17-15-13-11-9-7-5-2)44-83-62-57(79)56(78)59(51(43-70)85-62)86-63-58(80)61(55(77)50(42-69)84-63)88-65(64(81)82)40-48(73)53(66-45(3)71)60(87-65)54(76)49(74)41-68/h36,38,46-51,53-63,68-70,72-74,76-80H,4-35,37,39-44H2,1-3H3,(H,66,71)(H,67,75)(H,81,82)/b38-36+. The number of hydrogen-bond donors (Lipinski definition) is 14. The van der Waals surface area contributed by atoms with Gasteiger partial charge in [0.15, 0.2) is 12.6 Å². The highest BCUT2D eigenvalue weighted by molar-refractivity contribution is 5.77. The first-order valence-electron chi connectivity index (χ1n) is 34.1. The van der Waals surface area contributed by atoms with Gasteiger partial charge in [-0.3, -0.25) is 9.59 Å². The Labute approximate surface area is 524 Å². The number of hydrogen-bond acceptors (Lipinski definition) is 20. The van der Waals surface area contributed by atoms with E-state index >= 15 is 0 Å². The molecule has 14 N–H and O–H groups in total. The molecule has 0 aliphatic carbocycles. The summed E-state index contributed by atoms with van der Waals surface area (Å²) < 4.78 is 34.8. The topological polar surface area (TPSA) is 373 Å². The highest BCUT2D eigenvalue weighted by Crippen LogP contribution is 2.39. The Morgan fingerprint density at radius 2 is 1.06 bits per heavy atom. The zero-order chi connectivity index (χ0) is 64.7. The number of carboxylic acid groups (broad SMARTS) is 1. The molecule has 516 valence electrons. The van der Waals surface area contributed by atoms with Crippen LogP contribution in [0.15, 0.2) is 12.2 Å². The van der Waals surface area contributed by atoms with E-state index in [1.165, 1.54) is 154 Å². The Morgan fingerprint density at radius 3 is 1.51 bits per heavy atom. The van der Waals surface area contributed by atoms with Crippen LogP contribution in [-0.2, 0) is 42.8 Å². The van der Waals surface area contributed by atoms with Crippen molar-refractivity contribution in [3.8, 4) is 0 Å². The lowest BCUT2D eigenvalue weighted by Crippen LogP contribution is -2.70. The predicted molar refractivity (Wildman–Crippen MR) is 329 cm³/mol. The van der Waals surface area contributed by atoms with Gasteiger partial charge >= 0.3 is 5.97 Å². The van der Waals surface area contributed by atoms with Crippen molar-refractivity contribution >= 4 is 17.8 Å². The molecular weight excluding hydrogens is 1140 g/mol. The van der Waals surface area contributed by atoms with E-state index < -0.39 is 155 Å². The maximum absolute atomic E-state index is 13.4. The van der Waals surface area contributed by atoms with Crippen LogP contribution >= 0.6 is 0 Å². The van der Waals surface area contributed by atoms with Crippen LogP contribution in [0.1, 0.15) is 245 Å². The van der Waals surface area contributed by atoms with Crippen LogP contribution in [0, 0.1) is 0 Å². The second kappa shape index (κ2) is 46.5. The van der Waals surface area contributed by atoms with Crippen LogP contribution in [-0.4, -0.2) is 215 Å². The van der Waals surface area contributed by atoms with Gasteiger partial charge in [0.05, 0.1) is 50.7 Å². The van der Waals surface area contributed by atoms with E-state index in [4.69, 9.17) is 28.4 Å². The van der Waals surface area contributed by atoms with Crippen LogP contribution in [0.5, 0.6) is 0 Å². The monoisotopic (exact) mass is 1260 g/mol. The van der Waals surface area contributed by atoms with Gasteiger partial charge < -0.3 is 100 Å². The molecule has 0 aromatic carbocycles. The van der Waals surface area contributed by atoms with Crippen molar-refractivity contribution < 1.29 is 104 Å². The summed E-state index contributed by atoms with van der Waals surface area (Å²) in [4.78, 5) is 38.5. The van der Waals surface area contributed by atoms with Gasteiger partial charge in [-0.05, 0) is 19.3 Å². The minimum absolute atomic E-state index is 0.204. The average Bonchev–Trinajstić information content (AvgIpc) is 0.828. The van der Waals surface area contributed by atoms with Gasteiger partial charge in [0.25, 0.3) is 5.79 Å². The number of amides is 2. The highest BCUT2D eigenvalue weighted by atomic mass is 16.8. The molecule has 3 aliphatic heterocycles. The number of ether oxygens (including phenoxy) is 6. The third-order valence-corrected chi connectivity index (χ3v) is 17.5. The van der Waals surface area contributed by atoms with Crippen LogP contribution in [0.4, 0.5) is 0 Å².